The van der Waals surface area contributed by atoms with Crippen molar-refractivity contribution in [2.24, 2.45) is 5.73 Å². The number of ether oxygens (including phenoxy) is 3. The first-order valence-corrected chi connectivity index (χ1v) is 7.60. The normalized spacial score (nSPS) is 12.0. The summed E-state index contributed by atoms with van der Waals surface area (Å²) in [4.78, 5) is 2.45. The molecule has 1 aromatic heterocycles. The molecule has 0 saturated carbocycles. The molecule has 0 amide bonds. The van der Waals surface area contributed by atoms with Gasteiger partial charge in [0, 0.05) is 9.75 Å². The monoisotopic (exact) mass is 307 g/mol. The number of hydrogen-bond donors (Lipinski definition) is 1. The molecule has 0 radical (unpaired) electrons. The molecule has 1 atom stereocenters. The van der Waals surface area contributed by atoms with Gasteiger partial charge in [-0.1, -0.05) is 6.92 Å². The highest BCUT2D eigenvalue weighted by Gasteiger charge is 2.18. The minimum Gasteiger partial charge on any atom is -0.493 e. The number of hydrogen-bond acceptors (Lipinski definition) is 5. The van der Waals surface area contributed by atoms with Gasteiger partial charge in [0.1, 0.15) is 0 Å². The molecule has 2 aromatic rings. The highest BCUT2D eigenvalue weighted by molar-refractivity contribution is 7.12. The Morgan fingerprint density at radius 1 is 1.05 bits per heavy atom. The van der Waals surface area contributed by atoms with Crippen molar-refractivity contribution in [1.82, 2.24) is 0 Å². The zero-order valence-electron chi connectivity index (χ0n) is 12.8. The van der Waals surface area contributed by atoms with Crippen LogP contribution in [0.4, 0.5) is 0 Å². The molecule has 0 aliphatic rings. The van der Waals surface area contributed by atoms with E-state index in [0.29, 0.717) is 17.2 Å². The van der Waals surface area contributed by atoms with E-state index in [1.54, 1.807) is 32.7 Å². The summed E-state index contributed by atoms with van der Waals surface area (Å²) in [6.07, 6.45) is 1.02. The SMILES string of the molecule is CCc1ccc(C(N)c2cc(OC)c(OC)c(OC)c2)s1. The quantitative estimate of drug-likeness (QED) is 0.889. The summed E-state index contributed by atoms with van der Waals surface area (Å²) < 4.78 is 16.1. The molecule has 0 saturated heterocycles. The minimum absolute atomic E-state index is 0.205. The van der Waals surface area contributed by atoms with E-state index < -0.39 is 0 Å². The Balaban J connectivity index is 2.43. The number of thiophene rings is 1. The van der Waals surface area contributed by atoms with E-state index in [2.05, 4.69) is 19.1 Å². The molecule has 21 heavy (non-hydrogen) atoms. The van der Waals surface area contributed by atoms with Crippen molar-refractivity contribution in [3.05, 3.63) is 39.6 Å². The molecular weight excluding hydrogens is 286 g/mol. The molecule has 0 spiro atoms. The van der Waals surface area contributed by atoms with Gasteiger partial charge in [-0.05, 0) is 36.2 Å². The predicted octanol–water partition coefficient (Wildman–Crippen LogP) is 3.38. The lowest BCUT2D eigenvalue weighted by atomic mass is 10.0. The maximum atomic E-state index is 6.38. The topological polar surface area (TPSA) is 53.7 Å². The van der Waals surface area contributed by atoms with E-state index in [1.165, 1.54) is 4.88 Å². The Bertz CT molecular complexity index is 584. The number of methoxy groups -OCH3 is 3. The summed E-state index contributed by atoms with van der Waals surface area (Å²) >= 11 is 1.73. The van der Waals surface area contributed by atoms with Gasteiger partial charge in [-0.15, -0.1) is 11.3 Å². The van der Waals surface area contributed by atoms with Crippen LogP contribution in [0.1, 0.15) is 28.3 Å². The standard InChI is InChI=1S/C16H21NO3S/c1-5-11-6-7-14(21-11)15(17)10-8-12(18-2)16(20-4)13(9-10)19-3/h6-9,15H,5,17H2,1-4H3. The summed E-state index contributed by atoms with van der Waals surface area (Å²) in [5.41, 5.74) is 7.32. The highest BCUT2D eigenvalue weighted by atomic mass is 32.1. The van der Waals surface area contributed by atoms with Gasteiger partial charge in [0.05, 0.1) is 27.4 Å². The van der Waals surface area contributed by atoms with Crippen molar-refractivity contribution in [3.8, 4) is 17.2 Å². The fraction of sp³-hybridized carbons (Fsp3) is 0.375. The van der Waals surface area contributed by atoms with Crippen LogP contribution in [0.2, 0.25) is 0 Å². The fourth-order valence-corrected chi connectivity index (χ4v) is 3.18. The average Bonchev–Trinajstić information content (AvgIpc) is 3.01. The smallest absolute Gasteiger partial charge is 0.203 e. The predicted molar refractivity (Wildman–Crippen MR) is 85.8 cm³/mol. The van der Waals surface area contributed by atoms with Crippen LogP contribution in [0, 0.1) is 0 Å². The maximum Gasteiger partial charge on any atom is 0.203 e. The Kier molecular flexibility index (Phi) is 5.09. The lowest BCUT2D eigenvalue weighted by Gasteiger charge is -2.17. The molecule has 0 aliphatic carbocycles. The van der Waals surface area contributed by atoms with Gasteiger partial charge in [0.2, 0.25) is 5.75 Å². The minimum atomic E-state index is -0.205. The van der Waals surface area contributed by atoms with Gasteiger partial charge >= 0.3 is 0 Å². The van der Waals surface area contributed by atoms with Crippen LogP contribution < -0.4 is 19.9 Å². The van der Waals surface area contributed by atoms with E-state index in [0.717, 1.165) is 16.9 Å². The van der Waals surface area contributed by atoms with E-state index in [4.69, 9.17) is 19.9 Å². The average molecular weight is 307 g/mol. The van der Waals surface area contributed by atoms with Gasteiger partial charge in [0.15, 0.2) is 11.5 Å². The maximum absolute atomic E-state index is 6.38. The van der Waals surface area contributed by atoms with Crippen LogP contribution in [0.25, 0.3) is 0 Å². The van der Waals surface area contributed by atoms with Crippen molar-refractivity contribution >= 4 is 11.3 Å². The lowest BCUT2D eigenvalue weighted by Crippen LogP contribution is -2.11. The Labute approximate surface area is 129 Å². The fourth-order valence-electron chi connectivity index (χ4n) is 2.20. The molecule has 4 nitrogen and oxygen atoms in total. The van der Waals surface area contributed by atoms with Gasteiger partial charge in [0.25, 0.3) is 0 Å². The second-order valence-corrected chi connectivity index (χ2v) is 5.79. The molecule has 2 rings (SSSR count). The van der Waals surface area contributed by atoms with Gasteiger partial charge < -0.3 is 19.9 Å². The third-order valence-electron chi connectivity index (χ3n) is 3.38. The first-order chi connectivity index (χ1) is 10.1. The Hall–Kier alpha value is -1.72. The van der Waals surface area contributed by atoms with Crippen LogP contribution in [-0.4, -0.2) is 21.3 Å². The number of nitrogens with two attached hydrogens (primary N) is 1. The third kappa shape index (κ3) is 3.14. The van der Waals surface area contributed by atoms with Crippen molar-refractivity contribution in [2.45, 2.75) is 19.4 Å². The number of rotatable bonds is 6. The molecule has 5 heteroatoms. The zero-order valence-corrected chi connectivity index (χ0v) is 13.6. The van der Waals surface area contributed by atoms with Crippen molar-refractivity contribution in [1.29, 1.82) is 0 Å². The number of aryl methyl sites for hydroxylation is 1. The third-order valence-corrected chi connectivity index (χ3v) is 4.70. The van der Waals surface area contributed by atoms with Crippen LogP contribution in [-0.2, 0) is 6.42 Å². The van der Waals surface area contributed by atoms with Crippen LogP contribution in [0.15, 0.2) is 24.3 Å². The first kappa shape index (κ1) is 15.7. The van der Waals surface area contributed by atoms with Crippen molar-refractivity contribution in [2.75, 3.05) is 21.3 Å². The highest BCUT2D eigenvalue weighted by Crippen LogP contribution is 2.40. The Morgan fingerprint density at radius 2 is 1.67 bits per heavy atom. The van der Waals surface area contributed by atoms with Crippen molar-refractivity contribution in [3.63, 3.8) is 0 Å². The molecule has 0 fully saturated rings. The van der Waals surface area contributed by atoms with E-state index in [1.807, 2.05) is 12.1 Å². The van der Waals surface area contributed by atoms with Crippen molar-refractivity contribution < 1.29 is 14.2 Å². The van der Waals surface area contributed by atoms with Crippen LogP contribution in [0.5, 0.6) is 17.2 Å². The first-order valence-electron chi connectivity index (χ1n) is 6.78. The van der Waals surface area contributed by atoms with E-state index in [9.17, 15) is 0 Å². The van der Waals surface area contributed by atoms with Gasteiger partial charge in [-0.25, -0.2) is 0 Å². The van der Waals surface area contributed by atoms with Gasteiger partial charge in [-0.2, -0.15) is 0 Å². The molecule has 0 aliphatic heterocycles. The van der Waals surface area contributed by atoms with Gasteiger partial charge in [-0.3, -0.25) is 0 Å². The zero-order chi connectivity index (χ0) is 15.4. The largest absolute Gasteiger partial charge is 0.493 e. The second-order valence-electron chi connectivity index (χ2n) is 4.59. The molecule has 0 bridgehead atoms. The molecule has 1 aromatic carbocycles. The summed E-state index contributed by atoms with van der Waals surface area (Å²) in [5.74, 6) is 1.82. The van der Waals surface area contributed by atoms with Crippen LogP contribution >= 0.6 is 11.3 Å². The summed E-state index contributed by atoms with van der Waals surface area (Å²) in [6, 6.07) is 7.80. The summed E-state index contributed by atoms with van der Waals surface area (Å²) in [7, 11) is 4.80. The lowest BCUT2D eigenvalue weighted by molar-refractivity contribution is 0.323. The molecule has 2 N–H and O–H groups in total. The summed E-state index contributed by atoms with van der Waals surface area (Å²) in [5, 5.41) is 0. The van der Waals surface area contributed by atoms with Crippen LogP contribution in [0.3, 0.4) is 0 Å². The van der Waals surface area contributed by atoms with E-state index in [-0.39, 0.29) is 6.04 Å². The van der Waals surface area contributed by atoms with E-state index >= 15 is 0 Å². The molecular formula is C16H21NO3S. The molecule has 1 heterocycles. The summed E-state index contributed by atoms with van der Waals surface area (Å²) in [6.45, 7) is 2.14. The number of benzene rings is 1. The Morgan fingerprint density at radius 3 is 2.10 bits per heavy atom. The second kappa shape index (κ2) is 6.83. The molecule has 1 unspecified atom stereocenters. The molecule has 114 valence electrons.